The highest BCUT2D eigenvalue weighted by Gasteiger charge is 2.15. The second kappa shape index (κ2) is 11.0. The van der Waals surface area contributed by atoms with Gasteiger partial charge in [-0.3, -0.25) is 9.36 Å². The van der Waals surface area contributed by atoms with E-state index in [-0.39, 0.29) is 23.8 Å². The largest absolute Gasteiger partial charge is 0.493 e. The Hall–Kier alpha value is -3.79. The second-order valence-electron chi connectivity index (χ2n) is 6.46. The van der Waals surface area contributed by atoms with Gasteiger partial charge in [0, 0.05) is 12.2 Å². The number of hydrogen-bond donors (Lipinski definition) is 2. The third kappa shape index (κ3) is 5.88. The first kappa shape index (κ1) is 22.9. The first-order valence-electron chi connectivity index (χ1n) is 9.56. The summed E-state index contributed by atoms with van der Waals surface area (Å²) in [4.78, 5) is 23.4. The van der Waals surface area contributed by atoms with Gasteiger partial charge >= 0.3 is 5.97 Å². The number of methoxy groups -OCH3 is 1. The molecule has 1 amide bonds. The number of carboxylic acids is 1. The Morgan fingerprint density at radius 3 is 2.69 bits per heavy atom. The summed E-state index contributed by atoms with van der Waals surface area (Å²) in [7, 11) is 1.57. The number of nitrogens with zero attached hydrogens (tertiary/aromatic N) is 3. The van der Waals surface area contributed by atoms with Crippen LogP contribution in [0.4, 0.5) is 5.69 Å². The van der Waals surface area contributed by atoms with Gasteiger partial charge in [-0.2, -0.15) is 0 Å². The van der Waals surface area contributed by atoms with Crippen molar-refractivity contribution < 1.29 is 24.2 Å². The van der Waals surface area contributed by atoms with Crippen LogP contribution in [0.2, 0.25) is 0 Å². The average molecular weight is 455 g/mol. The van der Waals surface area contributed by atoms with Crippen LogP contribution in [-0.2, 0) is 17.9 Å². The minimum atomic E-state index is -1.06. The molecule has 3 rings (SSSR count). The van der Waals surface area contributed by atoms with Crippen LogP contribution in [-0.4, -0.2) is 44.6 Å². The van der Waals surface area contributed by atoms with E-state index in [4.69, 9.17) is 14.6 Å². The number of hydrogen-bond acceptors (Lipinski definition) is 7. The van der Waals surface area contributed by atoms with Gasteiger partial charge < -0.3 is 19.9 Å². The molecule has 0 fully saturated rings. The number of carboxylic acid groups (broad SMARTS) is 1. The molecule has 0 spiro atoms. The zero-order valence-corrected chi connectivity index (χ0v) is 18.2. The zero-order valence-electron chi connectivity index (χ0n) is 17.4. The number of benzene rings is 2. The van der Waals surface area contributed by atoms with Crippen LogP contribution in [0, 0.1) is 0 Å². The van der Waals surface area contributed by atoms with E-state index in [1.807, 2.05) is 16.7 Å². The molecule has 0 atom stereocenters. The topological polar surface area (TPSA) is 116 Å². The van der Waals surface area contributed by atoms with Crippen LogP contribution in [0.15, 0.2) is 66.3 Å². The number of carbonyl (C=O) groups is 2. The lowest BCUT2D eigenvalue weighted by Gasteiger charge is -2.11. The van der Waals surface area contributed by atoms with Gasteiger partial charge in [0.05, 0.1) is 18.4 Å². The van der Waals surface area contributed by atoms with Crippen molar-refractivity contribution in [2.75, 3.05) is 18.2 Å². The van der Waals surface area contributed by atoms with Crippen LogP contribution in [0.1, 0.15) is 16.2 Å². The number of nitrogens with one attached hydrogen (secondary N) is 1. The summed E-state index contributed by atoms with van der Waals surface area (Å²) in [6, 6.07) is 13.4. The lowest BCUT2D eigenvalue weighted by Crippen LogP contribution is -2.15. The summed E-state index contributed by atoms with van der Waals surface area (Å²) in [6.07, 6.45) is 1.71. The summed E-state index contributed by atoms with van der Waals surface area (Å²) in [5, 5.41) is 20.6. The van der Waals surface area contributed by atoms with Crippen molar-refractivity contribution in [3.63, 3.8) is 0 Å². The molecule has 0 saturated carbocycles. The first-order valence-corrected chi connectivity index (χ1v) is 10.5. The number of allylic oxidation sites excluding steroid dienone is 1. The molecule has 9 nitrogen and oxygen atoms in total. The van der Waals surface area contributed by atoms with Gasteiger partial charge in [0.2, 0.25) is 5.91 Å². The number of ether oxygens (including phenoxy) is 2. The molecule has 3 aromatic rings. The normalized spacial score (nSPS) is 10.4. The molecule has 0 unspecified atom stereocenters. The van der Waals surface area contributed by atoms with E-state index < -0.39 is 5.97 Å². The fourth-order valence-electron chi connectivity index (χ4n) is 2.78. The fourth-order valence-corrected chi connectivity index (χ4v) is 3.55. The lowest BCUT2D eigenvalue weighted by atomic mass is 10.2. The number of rotatable bonds is 11. The van der Waals surface area contributed by atoms with Gasteiger partial charge in [0.15, 0.2) is 22.5 Å². The van der Waals surface area contributed by atoms with E-state index in [1.54, 1.807) is 37.5 Å². The maximum Gasteiger partial charge on any atom is 0.335 e. The Labute approximate surface area is 189 Å². The van der Waals surface area contributed by atoms with Gasteiger partial charge in [-0.1, -0.05) is 36.0 Å². The van der Waals surface area contributed by atoms with Crippen molar-refractivity contribution >= 4 is 29.3 Å². The number of anilines is 1. The minimum absolute atomic E-state index is 0.0694. The zero-order chi connectivity index (χ0) is 22.9. The number of carbonyl (C=O) groups excluding carboxylic acids is 1. The Bertz CT molecular complexity index is 1120. The van der Waals surface area contributed by atoms with E-state index in [2.05, 4.69) is 22.1 Å². The highest BCUT2D eigenvalue weighted by molar-refractivity contribution is 7.99. The van der Waals surface area contributed by atoms with E-state index in [0.29, 0.717) is 34.7 Å². The third-order valence-corrected chi connectivity index (χ3v) is 5.22. The first-order chi connectivity index (χ1) is 15.5. The fraction of sp³-hybridized carbons (Fsp3) is 0.182. The Balaban J connectivity index is 1.63. The molecule has 1 heterocycles. The highest BCUT2D eigenvalue weighted by atomic mass is 32.2. The predicted molar refractivity (Wildman–Crippen MR) is 120 cm³/mol. The van der Waals surface area contributed by atoms with Crippen molar-refractivity contribution in [3.05, 3.63) is 72.6 Å². The molecule has 0 aliphatic rings. The molecule has 0 bridgehead atoms. The molecule has 0 radical (unpaired) electrons. The Morgan fingerprint density at radius 2 is 1.97 bits per heavy atom. The number of aromatic nitrogens is 3. The van der Waals surface area contributed by atoms with Crippen LogP contribution in [0.3, 0.4) is 0 Å². The SMILES string of the molecule is C=CCn1c(COc2ccccc2OC)nnc1SCC(=O)Nc1cccc(C(=O)O)c1. The van der Waals surface area contributed by atoms with Gasteiger partial charge in [-0.05, 0) is 30.3 Å². The minimum Gasteiger partial charge on any atom is -0.493 e. The Morgan fingerprint density at radius 1 is 1.19 bits per heavy atom. The van der Waals surface area contributed by atoms with Crippen LogP contribution in [0.5, 0.6) is 11.5 Å². The van der Waals surface area contributed by atoms with Crippen LogP contribution < -0.4 is 14.8 Å². The van der Waals surface area contributed by atoms with Crippen molar-refractivity contribution in [1.29, 1.82) is 0 Å². The van der Waals surface area contributed by atoms with Crippen molar-refractivity contribution in [2.24, 2.45) is 0 Å². The molecule has 166 valence electrons. The van der Waals surface area contributed by atoms with Gasteiger partial charge in [-0.25, -0.2) is 4.79 Å². The summed E-state index contributed by atoms with van der Waals surface area (Å²) in [5.41, 5.74) is 0.509. The molecule has 0 aliphatic carbocycles. The molecule has 32 heavy (non-hydrogen) atoms. The monoisotopic (exact) mass is 454 g/mol. The number of para-hydroxylation sites is 2. The van der Waals surface area contributed by atoms with Gasteiger partial charge in [0.1, 0.15) is 6.61 Å². The number of aromatic carboxylic acids is 1. The number of amides is 1. The van der Waals surface area contributed by atoms with Crippen molar-refractivity contribution in [3.8, 4) is 11.5 Å². The molecular weight excluding hydrogens is 432 g/mol. The predicted octanol–water partition coefficient (Wildman–Crippen LogP) is 3.48. The van der Waals surface area contributed by atoms with Crippen molar-refractivity contribution in [1.82, 2.24) is 14.8 Å². The molecule has 2 N–H and O–H groups in total. The van der Waals surface area contributed by atoms with E-state index >= 15 is 0 Å². The smallest absolute Gasteiger partial charge is 0.335 e. The standard InChI is InChI=1S/C22H22N4O5S/c1-3-11-26-19(13-31-18-10-5-4-9-17(18)30-2)24-25-22(26)32-14-20(27)23-16-8-6-7-15(12-16)21(28)29/h3-10,12H,1,11,13-14H2,2H3,(H,23,27)(H,28,29). The molecule has 1 aromatic heterocycles. The van der Waals surface area contributed by atoms with E-state index in [9.17, 15) is 9.59 Å². The van der Waals surface area contributed by atoms with Gasteiger partial charge in [0.25, 0.3) is 0 Å². The second-order valence-corrected chi connectivity index (χ2v) is 7.40. The van der Waals surface area contributed by atoms with Gasteiger partial charge in [-0.15, -0.1) is 16.8 Å². The molecular formula is C22H22N4O5S. The van der Waals surface area contributed by atoms with Crippen molar-refractivity contribution in [2.45, 2.75) is 18.3 Å². The quantitative estimate of drug-likeness (QED) is 0.334. The third-order valence-electron chi connectivity index (χ3n) is 4.26. The van der Waals surface area contributed by atoms with Crippen LogP contribution in [0.25, 0.3) is 0 Å². The summed E-state index contributed by atoms with van der Waals surface area (Å²) >= 11 is 1.21. The molecule has 10 heteroatoms. The highest BCUT2D eigenvalue weighted by Crippen LogP contribution is 2.27. The molecule has 2 aromatic carbocycles. The van der Waals surface area contributed by atoms with Crippen LogP contribution >= 0.6 is 11.8 Å². The summed E-state index contributed by atoms with van der Waals surface area (Å²) in [6.45, 7) is 4.37. The maximum atomic E-state index is 12.3. The molecule has 0 saturated heterocycles. The maximum absolute atomic E-state index is 12.3. The summed E-state index contributed by atoms with van der Waals surface area (Å²) < 4.78 is 12.9. The summed E-state index contributed by atoms with van der Waals surface area (Å²) in [5.74, 6) is 0.488. The van der Waals surface area contributed by atoms with E-state index in [0.717, 1.165) is 0 Å². The molecule has 0 aliphatic heterocycles. The number of thioether (sulfide) groups is 1. The average Bonchev–Trinajstić information content (AvgIpc) is 3.18. The van der Waals surface area contributed by atoms with E-state index in [1.165, 1.54) is 23.9 Å². The lowest BCUT2D eigenvalue weighted by molar-refractivity contribution is -0.113. The Kier molecular flexibility index (Phi) is 7.87.